The Hall–Kier alpha value is -2.01. The smallest absolute Gasteiger partial charge is 0.175 e. The first-order chi connectivity index (χ1) is 12.1. The van der Waals surface area contributed by atoms with Crippen LogP contribution in [0.3, 0.4) is 0 Å². The Morgan fingerprint density at radius 2 is 1.44 bits per heavy atom. The number of hydrogen-bond donors (Lipinski definition) is 2. The normalized spacial score (nSPS) is 10.3. The molecule has 0 aliphatic heterocycles. The predicted molar refractivity (Wildman–Crippen MR) is 113 cm³/mol. The summed E-state index contributed by atoms with van der Waals surface area (Å²) in [5.41, 5.74) is 3.12. The molecule has 126 valence electrons. The van der Waals surface area contributed by atoms with Crippen molar-refractivity contribution < 1.29 is 0 Å². The summed E-state index contributed by atoms with van der Waals surface area (Å²) < 4.78 is 0. The first-order valence-electron chi connectivity index (χ1n) is 7.78. The van der Waals surface area contributed by atoms with Crippen LogP contribution in [0.4, 0.5) is 11.4 Å². The van der Waals surface area contributed by atoms with E-state index in [1.165, 1.54) is 0 Å². The molecule has 3 rings (SSSR count). The Morgan fingerprint density at radius 1 is 0.840 bits per heavy atom. The van der Waals surface area contributed by atoms with E-state index in [1.54, 1.807) is 11.8 Å². The van der Waals surface area contributed by atoms with Crippen molar-refractivity contribution >= 4 is 52.1 Å². The van der Waals surface area contributed by atoms with Gasteiger partial charge in [0.1, 0.15) is 0 Å². The van der Waals surface area contributed by atoms with Gasteiger partial charge in [-0.1, -0.05) is 53.7 Å². The number of para-hydroxylation sites is 2. The molecule has 0 spiro atoms. The number of nitrogens with one attached hydrogen (secondary N) is 2. The van der Waals surface area contributed by atoms with Crippen LogP contribution in [0.1, 0.15) is 5.56 Å². The van der Waals surface area contributed by atoms with Gasteiger partial charge in [0, 0.05) is 20.5 Å². The highest BCUT2D eigenvalue weighted by Gasteiger charge is 2.07. The minimum atomic E-state index is 0.568. The second kappa shape index (κ2) is 8.39. The fraction of sp³-hybridized carbons (Fsp3) is 0.0500. The van der Waals surface area contributed by atoms with Crippen molar-refractivity contribution in [3.8, 4) is 0 Å². The molecule has 3 aromatic carbocycles. The van der Waals surface area contributed by atoms with Crippen LogP contribution in [0, 0.1) is 6.92 Å². The number of benzene rings is 3. The average molecular weight is 385 g/mol. The van der Waals surface area contributed by atoms with E-state index in [2.05, 4.69) is 29.7 Å². The lowest BCUT2D eigenvalue weighted by atomic mass is 10.2. The van der Waals surface area contributed by atoms with Crippen LogP contribution in [0.5, 0.6) is 0 Å². The van der Waals surface area contributed by atoms with Crippen molar-refractivity contribution in [3.05, 3.63) is 83.4 Å². The summed E-state index contributed by atoms with van der Waals surface area (Å²) in [6, 6.07) is 24.0. The zero-order valence-corrected chi connectivity index (χ0v) is 16.0. The highest BCUT2D eigenvalue weighted by molar-refractivity contribution is 7.99. The van der Waals surface area contributed by atoms with Crippen LogP contribution in [-0.2, 0) is 0 Å². The van der Waals surface area contributed by atoms with Crippen LogP contribution in [0.25, 0.3) is 0 Å². The van der Waals surface area contributed by atoms with Crippen LogP contribution in [0.15, 0.2) is 82.6 Å². The Morgan fingerprint density at radius 3 is 2.16 bits per heavy atom. The summed E-state index contributed by atoms with van der Waals surface area (Å²) >= 11 is 13.1. The standard InChI is InChI=1S/C20H17ClN2S2/c1-14-6-2-3-7-17(14)22-20(24)23-18-8-4-5-9-19(18)25-16-12-10-15(21)11-13-16/h2-13H,1H3,(H2,22,23,24). The van der Waals surface area contributed by atoms with Gasteiger partial charge in [0.2, 0.25) is 0 Å². The topological polar surface area (TPSA) is 24.1 Å². The number of hydrogen-bond acceptors (Lipinski definition) is 2. The van der Waals surface area contributed by atoms with Gasteiger partial charge >= 0.3 is 0 Å². The maximum Gasteiger partial charge on any atom is 0.175 e. The molecule has 0 aliphatic carbocycles. The fourth-order valence-electron chi connectivity index (χ4n) is 2.28. The zero-order chi connectivity index (χ0) is 17.6. The van der Waals surface area contributed by atoms with Crippen molar-refractivity contribution in [2.24, 2.45) is 0 Å². The average Bonchev–Trinajstić information content (AvgIpc) is 2.61. The van der Waals surface area contributed by atoms with E-state index >= 15 is 0 Å². The van der Waals surface area contributed by atoms with Gasteiger partial charge in [-0.25, -0.2) is 0 Å². The molecule has 0 heterocycles. The van der Waals surface area contributed by atoms with E-state index < -0.39 is 0 Å². The first-order valence-corrected chi connectivity index (χ1v) is 9.38. The van der Waals surface area contributed by atoms with Crippen molar-refractivity contribution in [2.45, 2.75) is 16.7 Å². The Balaban J connectivity index is 1.73. The van der Waals surface area contributed by atoms with E-state index in [9.17, 15) is 0 Å². The summed E-state index contributed by atoms with van der Waals surface area (Å²) in [5.74, 6) is 0. The summed E-state index contributed by atoms with van der Waals surface area (Å²) in [7, 11) is 0. The molecule has 0 saturated heterocycles. The van der Waals surface area contributed by atoms with E-state index in [-0.39, 0.29) is 0 Å². The molecule has 0 radical (unpaired) electrons. The Labute approximate surface area is 162 Å². The van der Waals surface area contributed by atoms with E-state index in [1.807, 2.05) is 60.7 Å². The van der Waals surface area contributed by atoms with Crippen LogP contribution >= 0.6 is 35.6 Å². The molecule has 2 nitrogen and oxygen atoms in total. The maximum absolute atomic E-state index is 5.96. The Bertz CT molecular complexity index is 879. The third kappa shape index (κ3) is 4.98. The van der Waals surface area contributed by atoms with Gasteiger partial charge in [-0.2, -0.15) is 0 Å². The molecule has 25 heavy (non-hydrogen) atoms. The van der Waals surface area contributed by atoms with E-state index in [0.29, 0.717) is 5.11 Å². The molecule has 3 aromatic rings. The van der Waals surface area contributed by atoms with Crippen LogP contribution in [0.2, 0.25) is 5.02 Å². The summed E-state index contributed by atoms with van der Waals surface area (Å²) in [5, 5.41) is 7.85. The lowest BCUT2D eigenvalue weighted by Gasteiger charge is -2.15. The van der Waals surface area contributed by atoms with Crippen LogP contribution in [-0.4, -0.2) is 5.11 Å². The molecule has 0 aliphatic rings. The summed E-state index contributed by atoms with van der Waals surface area (Å²) in [6.45, 7) is 2.05. The minimum Gasteiger partial charge on any atom is -0.332 e. The third-order valence-electron chi connectivity index (χ3n) is 3.57. The van der Waals surface area contributed by atoms with Gasteiger partial charge in [0.15, 0.2) is 5.11 Å². The highest BCUT2D eigenvalue weighted by Crippen LogP contribution is 2.34. The third-order valence-corrected chi connectivity index (χ3v) is 5.11. The number of aryl methyl sites for hydroxylation is 1. The van der Waals surface area contributed by atoms with Crippen molar-refractivity contribution in [3.63, 3.8) is 0 Å². The lowest BCUT2D eigenvalue weighted by Crippen LogP contribution is -2.19. The summed E-state index contributed by atoms with van der Waals surface area (Å²) in [6.07, 6.45) is 0. The SMILES string of the molecule is Cc1ccccc1NC(=S)Nc1ccccc1Sc1ccc(Cl)cc1. The van der Waals surface area contributed by atoms with Gasteiger partial charge in [0.25, 0.3) is 0 Å². The zero-order valence-electron chi connectivity index (χ0n) is 13.6. The molecule has 0 amide bonds. The molecule has 5 heteroatoms. The summed E-state index contributed by atoms with van der Waals surface area (Å²) in [4.78, 5) is 2.22. The maximum atomic E-state index is 5.96. The van der Waals surface area contributed by atoms with E-state index in [0.717, 1.165) is 31.8 Å². The van der Waals surface area contributed by atoms with Gasteiger partial charge in [-0.15, -0.1) is 0 Å². The molecular weight excluding hydrogens is 368 g/mol. The first kappa shape index (κ1) is 17.8. The monoisotopic (exact) mass is 384 g/mol. The van der Waals surface area contributed by atoms with Crippen LogP contribution < -0.4 is 10.6 Å². The number of anilines is 2. The molecule has 0 saturated carbocycles. The molecule has 0 aromatic heterocycles. The molecule has 0 bridgehead atoms. The fourth-order valence-corrected chi connectivity index (χ4v) is 3.53. The number of thiocarbonyl (C=S) groups is 1. The largest absolute Gasteiger partial charge is 0.332 e. The predicted octanol–water partition coefficient (Wildman–Crippen LogP) is 6.61. The highest BCUT2D eigenvalue weighted by atomic mass is 35.5. The number of halogens is 1. The minimum absolute atomic E-state index is 0.568. The quantitative estimate of drug-likeness (QED) is 0.494. The van der Waals surface area contributed by atoms with Gasteiger partial charge < -0.3 is 10.6 Å². The van der Waals surface area contributed by atoms with Crippen molar-refractivity contribution in [1.82, 2.24) is 0 Å². The molecule has 2 N–H and O–H groups in total. The Kier molecular flexibility index (Phi) is 5.97. The van der Waals surface area contributed by atoms with E-state index in [4.69, 9.17) is 23.8 Å². The van der Waals surface area contributed by atoms with Gasteiger partial charge in [-0.05, 0) is 67.2 Å². The second-order valence-electron chi connectivity index (χ2n) is 5.45. The number of rotatable bonds is 4. The van der Waals surface area contributed by atoms with Crippen molar-refractivity contribution in [2.75, 3.05) is 10.6 Å². The molecule has 0 unspecified atom stereocenters. The van der Waals surface area contributed by atoms with Gasteiger partial charge in [-0.3, -0.25) is 0 Å². The second-order valence-corrected chi connectivity index (χ2v) is 7.41. The molecular formula is C20H17ClN2S2. The van der Waals surface area contributed by atoms with Crippen molar-refractivity contribution in [1.29, 1.82) is 0 Å². The lowest BCUT2D eigenvalue weighted by molar-refractivity contribution is 1.39. The molecule has 0 atom stereocenters. The van der Waals surface area contributed by atoms with Gasteiger partial charge in [0.05, 0.1) is 5.69 Å². The molecule has 0 fully saturated rings.